The molecule has 1 aliphatic heterocycles. The molecule has 5 heteroatoms. The molecule has 2 unspecified atom stereocenters. The number of nitrogens with zero attached hydrogens (tertiary/aromatic N) is 2. The lowest BCUT2D eigenvalue weighted by atomic mass is 10.0. The molecule has 0 aromatic heterocycles. The third-order valence-electron chi connectivity index (χ3n) is 5.42. The molecule has 1 heterocycles. The van der Waals surface area contributed by atoms with E-state index in [1.165, 1.54) is 19.3 Å². The van der Waals surface area contributed by atoms with E-state index in [0.29, 0.717) is 19.1 Å². The molecule has 2 N–H and O–H groups in total. The second kappa shape index (κ2) is 8.68. The molecule has 25 heavy (non-hydrogen) atoms. The van der Waals surface area contributed by atoms with Gasteiger partial charge in [-0.3, -0.25) is 4.90 Å². The maximum absolute atomic E-state index is 12.6. The quantitative estimate of drug-likeness (QED) is 0.799. The number of hydrogen-bond donors (Lipinski definition) is 2. The number of carbonyl (C=O) groups is 1. The molecule has 1 saturated carbocycles. The highest BCUT2D eigenvalue weighted by molar-refractivity contribution is 5.75. The van der Waals surface area contributed by atoms with Crippen molar-refractivity contribution in [2.75, 3.05) is 26.2 Å². The first kappa shape index (κ1) is 18.2. The van der Waals surface area contributed by atoms with E-state index >= 15 is 0 Å². The van der Waals surface area contributed by atoms with E-state index in [1.807, 2.05) is 35.2 Å². The van der Waals surface area contributed by atoms with Gasteiger partial charge < -0.3 is 15.3 Å². The zero-order valence-corrected chi connectivity index (χ0v) is 15.2. The fourth-order valence-electron chi connectivity index (χ4n) is 3.65. The van der Waals surface area contributed by atoms with Gasteiger partial charge in [0.25, 0.3) is 0 Å². The lowest BCUT2D eigenvalue weighted by Gasteiger charge is -2.33. The Morgan fingerprint density at radius 3 is 2.72 bits per heavy atom. The number of piperidine rings is 1. The molecular weight excluding hydrogens is 314 g/mol. The van der Waals surface area contributed by atoms with Gasteiger partial charge in [-0.1, -0.05) is 36.8 Å². The van der Waals surface area contributed by atoms with E-state index in [4.69, 9.17) is 0 Å². The molecule has 1 aromatic rings. The Kier molecular flexibility index (Phi) is 6.32. The van der Waals surface area contributed by atoms with Crippen LogP contribution in [0.3, 0.4) is 0 Å². The van der Waals surface area contributed by atoms with Gasteiger partial charge in [-0.25, -0.2) is 4.79 Å². The summed E-state index contributed by atoms with van der Waals surface area (Å²) in [6, 6.07) is 10.4. The minimum Gasteiger partial charge on any atom is -0.387 e. The van der Waals surface area contributed by atoms with E-state index < -0.39 is 6.10 Å². The lowest BCUT2D eigenvalue weighted by Crippen LogP contribution is -2.47. The summed E-state index contributed by atoms with van der Waals surface area (Å²) in [6.45, 7) is 5.35. The Morgan fingerprint density at radius 2 is 2.04 bits per heavy atom. The van der Waals surface area contributed by atoms with Gasteiger partial charge in [0, 0.05) is 25.2 Å². The van der Waals surface area contributed by atoms with Crippen molar-refractivity contribution in [3.8, 4) is 0 Å². The molecule has 1 aliphatic carbocycles. The number of amides is 2. The third kappa shape index (κ3) is 5.19. The number of nitrogens with one attached hydrogen (secondary N) is 1. The number of rotatable bonds is 7. The zero-order chi connectivity index (χ0) is 17.6. The predicted octanol–water partition coefficient (Wildman–Crippen LogP) is 2.77. The van der Waals surface area contributed by atoms with E-state index in [2.05, 4.69) is 17.1 Å². The molecule has 5 nitrogen and oxygen atoms in total. The van der Waals surface area contributed by atoms with Crippen molar-refractivity contribution in [2.45, 2.75) is 57.2 Å². The molecule has 2 fully saturated rings. The molecule has 0 spiro atoms. The smallest absolute Gasteiger partial charge is 0.317 e. The second-order valence-electron chi connectivity index (χ2n) is 7.42. The Labute approximate surface area is 151 Å². The summed E-state index contributed by atoms with van der Waals surface area (Å²) in [5.41, 5.74) is 0.864. The molecule has 0 bridgehead atoms. The molecule has 0 radical (unpaired) electrons. The first-order valence-corrected chi connectivity index (χ1v) is 9.66. The standard InChI is InChI=1S/C20H31N3O2/c1-16-7-5-6-13-22(16)14-12-21-20(25)23(18-10-11-18)15-19(24)17-8-3-2-4-9-17/h2-4,8-9,16,18-19,24H,5-7,10-15H2,1H3,(H,21,25). The predicted molar refractivity (Wildman–Crippen MR) is 99.4 cm³/mol. The largest absolute Gasteiger partial charge is 0.387 e. The van der Waals surface area contributed by atoms with E-state index in [9.17, 15) is 9.90 Å². The maximum atomic E-state index is 12.6. The van der Waals surface area contributed by atoms with Crippen LogP contribution in [0.25, 0.3) is 0 Å². The second-order valence-corrected chi connectivity index (χ2v) is 7.42. The van der Waals surface area contributed by atoms with Gasteiger partial charge in [-0.15, -0.1) is 0 Å². The summed E-state index contributed by atoms with van der Waals surface area (Å²) < 4.78 is 0. The lowest BCUT2D eigenvalue weighted by molar-refractivity contribution is 0.116. The average Bonchev–Trinajstić information content (AvgIpc) is 3.46. The average molecular weight is 345 g/mol. The Balaban J connectivity index is 1.48. The minimum atomic E-state index is -0.630. The van der Waals surface area contributed by atoms with Gasteiger partial charge in [0.15, 0.2) is 0 Å². The zero-order valence-electron chi connectivity index (χ0n) is 15.2. The van der Waals surface area contributed by atoms with Crippen molar-refractivity contribution in [2.24, 2.45) is 0 Å². The van der Waals surface area contributed by atoms with Crippen LogP contribution in [-0.2, 0) is 0 Å². The summed E-state index contributed by atoms with van der Waals surface area (Å²) in [4.78, 5) is 16.9. The van der Waals surface area contributed by atoms with Crippen molar-refractivity contribution in [3.63, 3.8) is 0 Å². The van der Waals surface area contributed by atoms with Crippen molar-refractivity contribution in [3.05, 3.63) is 35.9 Å². The van der Waals surface area contributed by atoms with Crippen LogP contribution in [0.5, 0.6) is 0 Å². The summed E-state index contributed by atoms with van der Waals surface area (Å²) in [5.74, 6) is 0. The highest BCUT2D eigenvalue weighted by atomic mass is 16.3. The van der Waals surface area contributed by atoms with Crippen LogP contribution >= 0.6 is 0 Å². The number of benzene rings is 1. The highest BCUT2D eigenvalue weighted by Gasteiger charge is 2.34. The molecule has 2 atom stereocenters. The number of likely N-dealkylation sites (tertiary alicyclic amines) is 1. The summed E-state index contributed by atoms with van der Waals surface area (Å²) >= 11 is 0. The topological polar surface area (TPSA) is 55.8 Å². The van der Waals surface area contributed by atoms with Crippen molar-refractivity contribution in [1.29, 1.82) is 0 Å². The number of aliphatic hydroxyl groups excluding tert-OH is 1. The van der Waals surface area contributed by atoms with Crippen LogP contribution in [0.2, 0.25) is 0 Å². The normalized spacial score (nSPS) is 22.4. The molecule has 2 aliphatic rings. The SMILES string of the molecule is CC1CCCCN1CCNC(=O)N(CC(O)c1ccccc1)C1CC1. The minimum absolute atomic E-state index is 0.0397. The van der Waals surface area contributed by atoms with Crippen LogP contribution in [0.1, 0.15) is 50.7 Å². The van der Waals surface area contributed by atoms with Gasteiger partial charge in [-0.05, 0) is 44.7 Å². The van der Waals surface area contributed by atoms with Gasteiger partial charge in [0.2, 0.25) is 0 Å². The fourth-order valence-corrected chi connectivity index (χ4v) is 3.65. The molecule has 138 valence electrons. The maximum Gasteiger partial charge on any atom is 0.317 e. The summed E-state index contributed by atoms with van der Waals surface area (Å²) in [6.07, 6.45) is 5.28. The van der Waals surface area contributed by atoms with E-state index in [-0.39, 0.29) is 12.1 Å². The highest BCUT2D eigenvalue weighted by Crippen LogP contribution is 2.29. The van der Waals surface area contributed by atoms with Crippen LogP contribution in [0, 0.1) is 0 Å². The van der Waals surface area contributed by atoms with Gasteiger partial charge in [-0.2, -0.15) is 0 Å². The number of aliphatic hydroxyl groups is 1. The number of urea groups is 1. The van der Waals surface area contributed by atoms with E-state index in [1.54, 1.807) is 0 Å². The number of carbonyl (C=O) groups excluding carboxylic acids is 1. The first-order valence-electron chi connectivity index (χ1n) is 9.66. The van der Waals surface area contributed by atoms with Gasteiger partial charge in [0.05, 0.1) is 12.6 Å². The van der Waals surface area contributed by atoms with E-state index in [0.717, 1.165) is 31.5 Å². The van der Waals surface area contributed by atoms with Crippen LogP contribution in [-0.4, -0.2) is 59.2 Å². The number of hydrogen-bond acceptors (Lipinski definition) is 3. The Hall–Kier alpha value is -1.59. The molecule has 2 amide bonds. The van der Waals surface area contributed by atoms with Crippen molar-refractivity contribution < 1.29 is 9.90 Å². The van der Waals surface area contributed by atoms with Crippen LogP contribution < -0.4 is 5.32 Å². The van der Waals surface area contributed by atoms with Crippen LogP contribution in [0.15, 0.2) is 30.3 Å². The summed E-state index contributed by atoms with van der Waals surface area (Å²) in [7, 11) is 0. The first-order chi connectivity index (χ1) is 12.1. The Morgan fingerprint density at radius 1 is 1.28 bits per heavy atom. The Bertz CT molecular complexity index is 547. The fraction of sp³-hybridized carbons (Fsp3) is 0.650. The monoisotopic (exact) mass is 345 g/mol. The van der Waals surface area contributed by atoms with Crippen molar-refractivity contribution in [1.82, 2.24) is 15.1 Å². The molecular formula is C20H31N3O2. The van der Waals surface area contributed by atoms with Crippen LogP contribution in [0.4, 0.5) is 4.79 Å². The summed E-state index contributed by atoms with van der Waals surface area (Å²) in [5, 5.41) is 13.5. The molecule has 1 aromatic carbocycles. The van der Waals surface area contributed by atoms with Gasteiger partial charge in [0.1, 0.15) is 0 Å². The molecule has 1 saturated heterocycles. The molecule has 3 rings (SSSR count). The third-order valence-corrected chi connectivity index (χ3v) is 5.42. The van der Waals surface area contributed by atoms with Crippen molar-refractivity contribution >= 4 is 6.03 Å². The van der Waals surface area contributed by atoms with Gasteiger partial charge >= 0.3 is 6.03 Å².